The van der Waals surface area contributed by atoms with Crippen LogP contribution in [-0.4, -0.2) is 36.8 Å². The number of thioether (sulfide) groups is 1. The van der Waals surface area contributed by atoms with Gasteiger partial charge in [-0.05, 0) is 30.9 Å². The number of halogens is 2. The molecule has 8 heteroatoms. The maximum absolute atomic E-state index is 14.1. The van der Waals surface area contributed by atoms with Gasteiger partial charge in [0.25, 0.3) is 0 Å². The number of benzene rings is 1. The third-order valence-electron chi connectivity index (χ3n) is 4.37. The largest absolute Gasteiger partial charge is 0.356 e. The Balaban J connectivity index is 0.00000243. The molecule has 1 aromatic carbocycles. The van der Waals surface area contributed by atoms with Crippen LogP contribution in [0.5, 0.6) is 0 Å². The van der Waals surface area contributed by atoms with Crippen molar-refractivity contribution >= 4 is 53.0 Å². The Morgan fingerprint density at radius 1 is 1.35 bits per heavy atom. The number of aliphatic imine (C=N–C) groups is 1. The number of nitrogens with one attached hydrogen (secondary N) is 2. The normalized spacial score (nSPS) is 15.2. The molecule has 142 valence electrons. The second-order valence-corrected chi connectivity index (χ2v) is 8.35. The first-order chi connectivity index (χ1) is 12.2. The highest BCUT2D eigenvalue weighted by molar-refractivity contribution is 14.0. The van der Waals surface area contributed by atoms with Crippen molar-refractivity contribution in [3.8, 4) is 0 Å². The standard InChI is InChI=1S/C18H23FN4S2.HI/c1-20-16(21-9-4-11-24-17-22-10-12-25-17)23-13-18(7-8-18)14-5-2-3-6-15(14)19;/h2-3,5-6,10,12H,4,7-9,11,13H2,1H3,(H2,20,21,23);1H. The van der Waals surface area contributed by atoms with Crippen molar-refractivity contribution in [3.05, 3.63) is 47.2 Å². The predicted octanol–water partition coefficient (Wildman–Crippen LogP) is 4.28. The second-order valence-electron chi connectivity index (χ2n) is 6.11. The topological polar surface area (TPSA) is 49.3 Å². The minimum Gasteiger partial charge on any atom is -0.356 e. The highest BCUT2D eigenvalue weighted by Crippen LogP contribution is 2.48. The third kappa shape index (κ3) is 5.82. The van der Waals surface area contributed by atoms with Crippen LogP contribution in [0, 0.1) is 5.82 Å². The molecule has 0 unspecified atom stereocenters. The molecule has 1 aliphatic carbocycles. The molecule has 0 spiro atoms. The second kappa shape index (κ2) is 10.5. The van der Waals surface area contributed by atoms with E-state index in [1.54, 1.807) is 42.3 Å². The summed E-state index contributed by atoms with van der Waals surface area (Å²) in [7, 11) is 1.77. The number of hydrogen-bond acceptors (Lipinski definition) is 4. The van der Waals surface area contributed by atoms with E-state index in [4.69, 9.17) is 0 Å². The summed E-state index contributed by atoms with van der Waals surface area (Å²) in [6.45, 7) is 1.56. The lowest BCUT2D eigenvalue weighted by molar-refractivity contribution is 0.559. The van der Waals surface area contributed by atoms with Crippen LogP contribution in [-0.2, 0) is 5.41 Å². The monoisotopic (exact) mass is 506 g/mol. The first-order valence-electron chi connectivity index (χ1n) is 8.45. The number of rotatable bonds is 8. The number of hydrogen-bond donors (Lipinski definition) is 2. The highest BCUT2D eigenvalue weighted by Gasteiger charge is 2.45. The Bertz CT molecular complexity index is 705. The van der Waals surface area contributed by atoms with Gasteiger partial charge in [0.2, 0.25) is 0 Å². The average Bonchev–Trinajstić information content (AvgIpc) is 3.23. The molecule has 0 aliphatic heterocycles. The van der Waals surface area contributed by atoms with Gasteiger partial charge >= 0.3 is 0 Å². The van der Waals surface area contributed by atoms with Gasteiger partial charge in [0.05, 0.1) is 0 Å². The van der Waals surface area contributed by atoms with Crippen molar-refractivity contribution in [2.75, 3.05) is 25.9 Å². The van der Waals surface area contributed by atoms with Gasteiger partial charge in [-0.15, -0.1) is 35.3 Å². The van der Waals surface area contributed by atoms with Crippen LogP contribution in [0.2, 0.25) is 0 Å². The van der Waals surface area contributed by atoms with Gasteiger partial charge in [-0.25, -0.2) is 9.37 Å². The fourth-order valence-corrected chi connectivity index (χ4v) is 4.42. The van der Waals surface area contributed by atoms with Crippen LogP contribution in [0.1, 0.15) is 24.8 Å². The Morgan fingerprint density at radius 3 is 2.81 bits per heavy atom. The maximum Gasteiger partial charge on any atom is 0.191 e. The Hall–Kier alpha value is -0.870. The van der Waals surface area contributed by atoms with Gasteiger partial charge in [-0.3, -0.25) is 4.99 Å². The van der Waals surface area contributed by atoms with E-state index in [1.807, 2.05) is 23.7 Å². The van der Waals surface area contributed by atoms with E-state index in [0.717, 1.165) is 47.4 Å². The van der Waals surface area contributed by atoms with Crippen LogP contribution in [0.15, 0.2) is 45.2 Å². The van der Waals surface area contributed by atoms with Crippen molar-refractivity contribution in [2.45, 2.75) is 29.0 Å². The van der Waals surface area contributed by atoms with Crippen LogP contribution >= 0.6 is 47.1 Å². The number of aromatic nitrogens is 1. The van der Waals surface area contributed by atoms with Gasteiger partial charge < -0.3 is 10.6 Å². The number of guanidine groups is 1. The molecule has 0 amide bonds. The molecule has 3 rings (SSSR count). The third-order valence-corrected chi connectivity index (χ3v) is 6.42. The summed E-state index contributed by atoms with van der Waals surface area (Å²) in [6.07, 6.45) is 4.90. The zero-order valence-corrected chi connectivity index (χ0v) is 18.7. The minimum atomic E-state index is -0.107. The smallest absolute Gasteiger partial charge is 0.191 e. The lowest BCUT2D eigenvalue weighted by Gasteiger charge is -2.19. The van der Waals surface area contributed by atoms with E-state index in [2.05, 4.69) is 20.6 Å². The van der Waals surface area contributed by atoms with E-state index in [9.17, 15) is 4.39 Å². The van der Waals surface area contributed by atoms with E-state index in [-0.39, 0.29) is 35.2 Å². The van der Waals surface area contributed by atoms with E-state index < -0.39 is 0 Å². The molecule has 4 nitrogen and oxygen atoms in total. The lowest BCUT2D eigenvalue weighted by atomic mass is 9.95. The molecule has 2 aromatic rings. The van der Waals surface area contributed by atoms with Gasteiger partial charge in [0.1, 0.15) is 10.2 Å². The summed E-state index contributed by atoms with van der Waals surface area (Å²) in [5.41, 5.74) is 0.738. The summed E-state index contributed by atoms with van der Waals surface area (Å²) >= 11 is 3.45. The molecule has 0 bridgehead atoms. The van der Waals surface area contributed by atoms with E-state index in [1.165, 1.54) is 0 Å². The molecule has 1 aromatic heterocycles. The maximum atomic E-state index is 14.1. The van der Waals surface area contributed by atoms with Crippen LogP contribution in [0.25, 0.3) is 0 Å². The summed E-state index contributed by atoms with van der Waals surface area (Å²) in [6, 6.07) is 7.09. The zero-order valence-electron chi connectivity index (χ0n) is 14.7. The van der Waals surface area contributed by atoms with Gasteiger partial charge in [0, 0.05) is 42.9 Å². The molecular formula is C18H24FIN4S2. The van der Waals surface area contributed by atoms with Crippen molar-refractivity contribution in [1.82, 2.24) is 15.6 Å². The quantitative estimate of drug-likeness (QED) is 0.185. The van der Waals surface area contributed by atoms with Gasteiger partial charge in [0.15, 0.2) is 5.96 Å². The fraction of sp³-hybridized carbons (Fsp3) is 0.444. The van der Waals surface area contributed by atoms with Crippen LogP contribution in [0.3, 0.4) is 0 Å². The Kier molecular flexibility index (Phi) is 8.62. The van der Waals surface area contributed by atoms with Crippen molar-refractivity contribution < 1.29 is 4.39 Å². The molecule has 0 radical (unpaired) electrons. The molecule has 0 saturated heterocycles. The first-order valence-corrected chi connectivity index (χ1v) is 10.3. The molecule has 0 atom stereocenters. The molecule has 1 heterocycles. The minimum absolute atomic E-state index is 0. The van der Waals surface area contributed by atoms with Crippen molar-refractivity contribution in [3.63, 3.8) is 0 Å². The zero-order chi connectivity index (χ0) is 17.5. The molecule has 1 saturated carbocycles. The van der Waals surface area contributed by atoms with Gasteiger partial charge in [-0.1, -0.05) is 30.0 Å². The predicted molar refractivity (Wildman–Crippen MR) is 120 cm³/mol. The van der Waals surface area contributed by atoms with E-state index in [0.29, 0.717) is 6.54 Å². The van der Waals surface area contributed by atoms with E-state index >= 15 is 0 Å². The van der Waals surface area contributed by atoms with Crippen molar-refractivity contribution in [1.29, 1.82) is 0 Å². The number of nitrogens with zero attached hydrogens (tertiary/aromatic N) is 2. The van der Waals surface area contributed by atoms with Gasteiger partial charge in [-0.2, -0.15) is 0 Å². The molecule has 26 heavy (non-hydrogen) atoms. The Morgan fingerprint density at radius 2 is 2.15 bits per heavy atom. The number of thiazole rings is 1. The molecule has 1 fully saturated rings. The fourth-order valence-electron chi connectivity index (χ4n) is 2.78. The SMILES string of the molecule is CN=C(NCCCSc1nccs1)NCC1(c2ccccc2F)CC1.I. The first kappa shape index (κ1) is 21.4. The molecular weight excluding hydrogens is 482 g/mol. The summed E-state index contributed by atoms with van der Waals surface area (Å²) in [5, 5.41) is 8.68. The van der Waals surface area contributed by atoms with Crippen LogP contribution < -0.4 is 10.6 Å². The molecule has 1 aliphatic rings. The summed E-state index contributed by atoms with van der Waals surface area (Å²) in [5.74, 6) is 1.70. The van der Waals surface area contributed by atoms with Crippen LogP contribution in [0.4, 0.5) is 4.39 Å². The highest BCUT2D eigenvalue weighted by atomic mass is 127. The summed E-state index contributed by atoms with van der Waals surface area (Å²) < 4.78 is 15.2. The summed E-state index contributed by atoms with van der Waals surface area (Å²) in [4.78, 5) is 8.52. The average molecular weight is 506 g/mol. The molecule has 2 N–H and O–H groups in total. The Labute approximate surface area is 179 Å². The lowest BCUT2D eigenvalue weighted by Crippen LogP contribution is -2.41. The van der Waals surface area contributed by atoms with Crippen molar-refractivity contribution in [2.24, 2.45) is 4.99 Å².